The molecule has 6 nitrogen and oxygen atoms in total. The summed E-state index contributed by atoms with van der Waals surface area (Å²) in [6.07, 6.45) is 7.20. The van der Waals surface area contributed by atoms with Gasteiger partial charge in [-0.3, -0.25) is 9.78 Å². The SMILES string of the molecule is N#Cc1ccc(C(=O)NCC2CCN(c3cnccn3)CC2)cc1. The van der Waals surface area contributed by atoms with E-state index in [1.54, 1.807) is 42.9 Å². The predicted octanol–water partition coefficient (Wildman–Crippen LogP) is 1.99. The van der Waals surface area contributed by atoms with Gasteiger partial charge in [0, 0.05) is 37.6 Å². The summed E-state index contributed by atoms with van der Waals surface area (Å²) in [5.74, 6) is 1.30. The zero-order valence-electron chi connectivity index (χ0n) is 13.4. The van der Waals surface area contributed by atoms with E-state index in [1.165, 1.54) is 0 Å². The maximum Gasteiger partial charge on any atom is 0.251 e. The molecule has 24 heavy (non-hydrogen) atoms. The zero-order chi connectivity index (χ0) is 16.8. The molecule has 6 heteroatoms. The molecule has 1 amide bonds. The smallest absolute Gasteiger partial charge is 0.251 e. The van der Waals surface area contributed by atoms with Gasteiger partial charge < -0.3 is 10.2 Å². The number of benzene rings is 1. The van der Waals surface area contributed by atoms with Crippen LogP contribution < -0.4 is 10.2 Å². The minimum Gasteiger partial charge on any atom is -0.355 e. The molecule has 0 aliphatic carbocycles. The number of amides is 1. The number of nitrogens with zero attached hydrogens (tertiary/aromatic N) is 4. The molecule has 0 atom stereocenters. The lowest BCUT2D eigenvalue weighted by molar-refractivity contribution is 0.0945. The maximum absolute atomic E-state index is 12.2. The Morgan fingerprint density at radius 1 is 1.25 bits per heavy atom. The average Bonchev–Trinajstić information content (AvgIpc) is 2.67. The Labute approximate surface area is 141 Å². The van der Waals surface area contributed by atoms with Crippen LogP contribution in [0.15, 0.2) is 42.9 Å². The summed E-state index contributed by atoms with van der Waals surface area (Å²) in [6, 6.07) is 8.74. The second-order valence-corrected chi connectivity index (χ2v) is 5.89. The van der Waals surface area contributed by atoms with Gasteiger partial charge in [0.05, 0.1) is 17.8 Å². The van der Waals surface area contributed by atoms with Gasteiger partial charge in [0.1, 0.15) is 5.82 Å². The quantitative estimate of drug-likeness (QED) is 0.931. The van der Waals surface area contributed by atoms with Crippen molar-refractivity contribution in [3.05, 3.63) is 54.0 Å². The van der Waals surface area contributed by atoms with Crippen molar-refractivity contribution in [3.8, 4) is 6.07 Å². The van der Waals surface area contributed by atoms with Gasteiger partial charge in [-0.15, -0.1) is 0 Å². The third kappa shape index (κ3) is 3.87. The number of hydrogen-bond acceptors (Lipinski definition) is 5. The van der Waals surface area contributed by atoms with Gasteiger partial charge in [-0.1, -0.05) is 0 Å². The second-order valence-electron chi connectivity index (χ2n) is 5.89. The van der Waals surface area contributed by atoms with Crippen LogP contribution in [0.1, 0.15) is 28.8 Å². The Bertz CT molecular complexity index is 715. The Balaban J connectivity index is 1.46. The molecule has 1 fully saturated rings. The minimum absolute atomic E-state index is 0.0872. The molecule has 1 aliphatic rings. The van der Waals surface area contributed by atoms with Crippen molar-refractivity contribution in [2.24, 2.45) is 5.92 Å². The van der Waals surface area contributed by atoms with Crippen LogP contribution in [0.5, 0.6) is 0 Å². The van der Waals surface area contributed by atoms with Gasteiger partial charge in [-0.05, 0) is 43.0 Å². The number of rotatable bonds is 4. The first-order chi connectivity index (χ1) is 11.8. The molecule has 122 valence electrons. The fraction of sp³-hybridized carbons (Fsp3) is 0.333. The van der Waals surface area contributed by atoms with Gasteiger partial charge in [-0.25, -0.2) is 4.98 Å². The number of nitriles is 1. The van der Waals surface area contributed by atoms with Gasteiger partial charge in [0.2, 0.25) is 0 Å². The molecule has 1 saturated heterocycles. The van der Waals surface area contributed by atoms with Crippen LogP contribution in [0, 0.1) is 17.2 Å². The molecule has 1 aliphatic heterocycles. The van der Waals surface area contributed by atoms with Crippen molar-refractivity contribution in [1.29, 1.82) is 5.26 Å². The number of carbonyl (C=O) groups is 1. The first-order valence-corrected chi connectivity index (χ1v) is 8.05. The Morgan fingerprint density at radius 3 is 2.62 bits per heavy atom. The number of anilines is 1. The number of aromatic nitrogens is 2. The monoisotopic (exact) mass is 321 g/mol. The molecule has 0 spiro atoms. The van der Waals surface area contributed by atoms with E-state index in [4.69, 9.17) is 5.26 Å². The lowest BCUT2D eigenvalue weighted by Gasteiger charge is -2.32. The van der Waals surface area contributed by atoms with Crippen LogP contribution in [0.2, 0.25) is 0 Å². The zero-order valence-corrected chi connectivity index (χ0v) is 13.4. The standard InChI is InChI=1S/C18H19N5O/c19-11-14-1-3-16(4-2-14)18(24)22-12-15-5-9-23(10-6-15)17-13-20-7-8-21-17/h1-4,7-8,13,15H,5-6,9-10,12H2,(H,22,24). The molecule has 1 aromatic carbocycles. The number of piperidine rings is 1. The van der Waals surface area contributed by atoms with Gasteiger partial charge >= 0.3 is 0 Å². The van der Waals surface area contributed by atoms with E-state index >= 15 is 0 Å². The molecular weight excluding hydrogens is 302 g/mol. The molecule has 0 saturated carbocycles. The van der Waals surface area contributed by atoms with E-state index in [0.29, 0.717) is 23.6 Å². The Kier molecular flexibility index (Phi) is 5.02. The molecule has 0 radical (unpaired) electrons. The van der Waals surface area contributed by atoms with Crippen LogP contribution in [-0.2, 0) is 0 Å². The normalized spacial score (nSPS) is 14.9. The Hall–Kier alpha value is -2.94. The van der Waals surface area contributed by atoms with Gasteiger partial charge in [0.25, 0.3) is 5.91 Å². The van der Waals surface area contributed by atoms with Crippen LogP contribution >= 0.6 is 0 Å². The molecular formula is C18H19N5O. The molecule has 3 rings (SSSR count). The fourth-order valence-corrected chi connectivity index (χ4v) is 2.86. The molecule has 1 aromatic heterocycles. The molecule has 0 bridgehead atoms. The average molecular weight is 321 g/mol. The van der Waals surface area contributed by atoms with E-state index in [2.05, 4.69) is 20.2 Å². The predicted molar refractivity (Wildman–Crippen MR) is 90.5 cm³/mol. The molecule has 2 aromatic rings. The summed E-state index contributed by atoms with van der Waals surface area (Å²) in [7, 11) is 0. The van der Waals surface area contributed by atoms with Gasteiger partial charge in [-0.2, -0.15) is 5.26 Å². The van der Waals surface area contributed by atoms with Crippen LogP contribution in [-0.4, -0.2) is 35.5 Å². The largest absolute Gasteiger partial charge is 0.355 e. The summed E-state index contributed by atoms with van der Waals surface area (Å²) < 4.78 is 0. The Morgan fingerprint density at radius 2 is 2.00 bits per heavy atom. The van der Waals surface area contributed by atoms with E-state index in [1.807, 2.05) is 6.07 Å². The number of carbonyl (C=O) groups excluding carboxylic acids is 1. The highest BCUT2D eigenvalue weighted by Gasteiger charge is 2.20. The summed E-state index contributed by atoms with van der Waals surface area (Å²) in [5, 5.41) is 11.8. The first kappa shape index (κ1) is 15.9. The van der Waals surface area contributed by atoms with Crippen LogP contribution in [0.25, 0.3) is 0 Å². The summed E-state index contributed by atoms with van der Waals surface area (Å²) >= 11 is 0. The van der Waals surface area contributed by atoms with Crippen molar-refractivity contribution in [2.75, 3.05) is 24.5 Å². The van der Waals surface area contributed by atoms with Crippen LogP contribution in [0.3, 0.4) is 0 Å². The molecule has 1 N–H and O–H groups in total. The number of hydrogen-bond donors (Lipinski definition) is 1. The van der Waals surface area contributed by atoms with Crippen molar-refractivity contribution in [1.82, 2.24) is 15.3 Å². The third-order valence-corrected chi connectivity index (χ3v) is 4.32. The lowest BCUT2D eigenvalue weighted by Crippen LogP contribution is -2.39. The van der Waals surface area contributed by atoms with Crippen molar-refractivity contribution < 1.29 is 4.79 Å². The minimum atomic E-state index is -0.0872. The summed E-state index contributed by atoms with van der Waals surface area (Å²) in [4.78, 5) is 22.8. The van der Waals surface area contributed by atoms with Crippen LogP contribution in [0.4, 0.5) is 5.82 Å². The van der Waals surface area contributed by atoms with Crippen molar-refractivity contribution >= 4 is 11.7 Å². The summed E-state index contributed by atoms with van der Waals surface area (Å²) in [6.45, 7) is 2.53. The number of nitrogens with one attached hydrogen (secondary N) is 1. The first-order valence-electron chi connectivity index (χ1n) is 8.05. The maximum atomic E-state index is 12.2. The highest BCUT2D eigenvalue weighted by Crippen LogP contribution is 2.20. The topological polar surface area (TPSA) is 81.9 Å². The van der Waals surface area contributed by atoms with E-state index in [0.717, 1.165) is 31.7 Å². The van der Waals surface area contributed by atoms with E-state index in [9.17, 15) is 4.79 Å². The lowest BCUT2D eigenvalue weighted by atomic mass is 9.96. The molecule has 2 heterocycles. The molecule has 0 unspecified atom stereocenters. The third-order valence-electron chi connectivity index (χ3n) is 4.32. The van der Waals surface area contributed by atoms with E-state index in [-0.39, 0.29) is 5.91 Å². The summed E-state index contributed by atoms with van der Waals surface area (Å²) in [5.41, 5.74) is 1.15. The van der Waals surface area contributed by atoms with Crippen molar-refractivity contribution in [3.63, 3.8) is 0 Å². The van der Waals surface area contributed by atoms with E-state index < -0.39 is 0 Å². The second kappa shape index (κ2) is 7.55. The fourth-order valence-electron chi connectivity index (χ4n) is 2.86. The van der Waals surface area contributed by atoms with Gasteiger partial charge in [0.15, 0.2) is 0 Å². The highest BCUT2D eigenvalue weighted by atomic mass is 16.1. The highest BCUT2D eigenvalue weighted by molar-refractivity contribution is 5.94. The van der Waals surface area contributed by atoms with Crippen molar-refractivity contribution in [2.45, 2.75) is 12.8 Å².